The van der Waals surface area contributed by atoms with Crippen molar-refractivity contribution in [3.8, 4) is 0 Å². The monoisotopic (exact) mass is 352 g/mol. The number of nitrogens with zero attached hydrogens (tertiary/aromatic N) is 2. The van der Waals surface area contributed by atoms with Crippen LogP contribution in [0, 0.1) is 0 Å². The van der Waals surface area contributed by atoms with Crippen LogP contribution in [0.25, 0.3) is 6.08 Å². The number of benzene rings is 1. The summed E-state index contributed by atoms with van der Waals surface area (Å²) in [7, 11) is 0. The van der Waals surface area contributed by atoms with Crippen molar-refractivity contribution in [1.82, 2.24) is 9.80 Å². The summed E-state index contributed by atoms with van der Waals surface area (Å²) in [6.07, 6.45) is 2.79. The smallest absolute Gasteiger partial charge is 0.250 e. The van der Waals surface area contributed by atoms with Gasteiger partial charge in [0.25, 0.3) is 0 Å². The van der Waals surface area contributed by atoms with Crippen LogP contribution in [0.3, 0.4) is 0 Å². The van der Waals surface area contributed by atoms with Crippen molar-refractivity contribution in [3.63, 3.8) is 0 Å². The van der Waals surface area contributed by atoms with Crippen LogP contribution in [0.5, 0.6) is 0 Å². The molecule has 5 heteroatoms. The highest BCUT2D eigenvalue weighted by Crippen LogP contribution is 2.33. The van der Waals surface area contributed by atoms with Gasteiger partial charge in [0.05, 0.1) is 6.04 Å². The fourth-order valence-corrected chi connectivity index (χ4v) is 4.44. The van der Waals surface area contributed by atoms with Gasteiger partial charge in [-0.25, -0.2) is 0 Å². The number of hydrogen-bond donors (Lipinski definition) is 0. The van der Waals surface area contributed by atoms with E-state index in [0.717, 1.165) is 17.8 Å². The number of thiophene rings is 1. The molecular weight excluding hydrogens is 332 g/mol. The molecule has 4 rings (SSSR count). The van der Waals surface area contributed by atoms with Crippen molar-refractivity contribution in [1.29, 1.82) is 0 Å². The van der Waals surface area contributed by atoms with Crippen molar-refractivity contribution in [2.75, 3.05) is 19.6 Å². The fourth-order valence-electron chi connectivity index (χ4n) is 3.73. The van der Waals surface area contributed by atoms with Gasteiger partial charge in [-0.3, -0.25) is 9.59 Å². The highest BCUT2D eigenvalue weighted by atomic mass is 32.1. The zero-order chi connectivity index (χ0) is 17.4. The summed E-state index contributed by atoms with van der Waals surface area (Å²) in [5.74, 6) is -0.00696. The molecule has 128 valence electrons. The normalized spacial score (nSPS) is 20.3. The van der Waals surface area contributed by atoms with Crippen LogP contribution >= 0.6 is 11.3 Å². The summed E-state index contributed by atoms with van der Waals surface area (Å²) < 4.78 is 0. The van der Waals surface area contributed by atoms with E-state index in [9.17, 15) is 9.59 Å². The standard InChI is InChI=1S/C20H20N2O2S/c1-14(11-16-6-4-10-25-16)20(24)21-12-18-17-7-3-2-5-15(17)8-9-22(18)19(23)13-21/h2-7,10-11,18H,8-9,12-13H2,1H3/b14-11+. The van der Waals surface area contributed by atoms with Crippen molar-refractivity contribution in [2.24, 2.45) is 0 Å². The van der Waals surface area contributed by atoms with Gasteiger partial charge in [-0.15, -0.1) is 11.3 Å². The van der Waals surface area contributed by atoms with Gasteiger partial charge in [-0.05, 0) is 42.0 Å². The lowest BCUT2D eigenvalue weighted by molar-refractivity contribution is -0.147. The number of hydrogen-bond acceptors (Lipinski definition) is 3. The number of amides is 2. The third kappa shape index (κ3) is 3.00. The molecule has 0 spiro atoms. The first kappa shape index (κ1) is 16.1. The van der Waals surface area contributed by atoms with E-state index in [-0.39, 0.29) is 24.4 Å². The minimum Gasteiger partial charge on any atom is -0.332 e. The van der Waals surface area contributed by atoms with E-state index in [1.165, 1.54) is 11.1 Å². The van der Waals surface area contributed by atoms with E-state index < -0.39 is 0 Å². The summed E-state index contributed by atoms with van der Waals surface area (Å²) in [6.45, 7) is 3.31. The first-order valence-corrected chi connectivity index (χ1v) is 9.40. The van der Waals surface area contributed by atoms with E-state index in [0.29, 0.717) is 12.1 Å². The topological polar surface area (TPSA) is 40.6 Å². The van der Waals surface area contributed by atoms with E-state index in [4.69, 9.17) is 0 Å². The fraction of sp³-hybridized carbons (Fsp3) is 0.300. The maximum Gasteiger partial charge on any atom is 0.250 e. The first-order valence-electron chi connectivity index (χ1n) is 8.52. The van der Waals surface area contributed by atoms with Crippen LogP contribution < -0.4 is 0 Å². The molecule has 2 aromatic rings. The average Bonchev–Trinajstić information content (AvgIpc) is 3.13. The molecule has 3 heterocycles. The third-order valence-electron chi connectivity index (χ3n) is 4.98. The summed E-state index contributed by atoms with van der Waals surface area (Å²) in [6, 6.07) is 12.2. The SMILES string of the molecule is C/C(=C\c1cccs1)C(=O)N1CC(=O)N2CCc3ccccc3C2C1. The molecular formula is C20H20N2O2S. The Morgan fingerprint density at radius 1 is 1.24 bits per heavy atom. The van der Waals surface area contributed by atoms with Crippen molar-refractivity contribution < 1.29 is 9.59 Å². The number of carbonyl (C=O) groups is 2. The Kier molecular flexibility index (Phi) is 4.17. The van der Waals surface area contributed by atoms with Gasteiger partial charge in [0.15, 0.2) is 0 Å². The predicted octanol–water partition coefficient (Wildman–Crippen LogP) is 3.12. The molecule has 1 aromatic heterocycles. The average molecular weight is 352 g/mol. The van der Waals surface area contributed by atoms with Gasteiger partial charge >= 0.3 is 0 Å². The highest BCUT2D eigenvalue weighted by Gasteiger charge is 2.38. The number of piperazine rings is 1. The Labute approximate surface area is 151 Å². The van der Waals surface area contributed by atoms with Crippen molar-refractivity contribution in [2.45, 2.75) is 19.4 Å². The molecule has 0 aliphatic carbocycles. The second-order valence-electron chi connectivity index (χ2n) is 6.58. The molecule has 0 saturated carbocycles. The third-order valence-corrected chi connectivity index (χ3v) is 5.80. The minimum atomic E-state index is -0.0514. The Bertz CT molecular complexity index is 841. The quantitative estimate of drug-likeness (QED) is 0.779. The Balaban J connectivity index is 1.59. The molecule has 4 nitrogen and oxygen atoms in total. The largest absolute Gasteiger partial charge is 0.332 e. The molecule has 0 bridgehead atoms. The zero-order valence-corrected chi connectivity index (χ0v) is 15.0. The number of carbonyl (C=O) groups excluding carboxylic acids is 2. The minimum absolute atomic E-state index is 0.0234. The highest BCUT2D eigenvalue weighted by molar-refractivity contribution is 7.10. The predicted molar refractivity (Wildman–Crippen MR) is 99.2 cm³/mol. The van der Waals surface area contributed by atoms with E-state index in [1.807, 2.05) is 47.5 Å². The van der Waals surface area contributed by atoms with Gasteiger partial charge in [-0.1, -0.05) is 30.3 Å². The molecule has 1 atom stereocenters. The molecule has 1 fully saturated rings. The second kappa shape index (κ2) is 6.48. The van der Waals surface area contributed by atoms with Crippen molar-refractivity contribution in [3.05, 3.63) is 63.4 Å². The molecule has 2 amide bonds. The number of fused-ring (bicyclic) bond motifs is 3. The lowest BCUT2D eigenvalue weighted by Crippen LogP contribution is -2.55. The maximum absolute atomic E-state index is 12.8. The van der Waals surface area contributed by atoms with Crippen LogP contribution in [0.1, 0.15) is 29.0 Å². The summed E-state index contributed by atoms with van der Waals surface area (Å²) >= 11 is 1.60. The first-order chi connectivity index (χ1) is 12.1. The molecule has 2 aliphatic heterocycles. The number of rotatable bonds is 2. The molecule has 2 aliphatic rings. The molecule has 0 radical (unpaired) electrons. The van der Waals surface area contributed by atoms with Crippen LogP contribution in [0.4, 0.5) is 0 Å². The Morgan fingerprint density at radius 3 is 2.88 bits per heavy atom. The Morgan fingerprint density at radius 2 is 2.08 bits per heavy atom. The van der Waals surface area contributed by atoms with Crippen LogP contribution in [0.2, 0.25) is 0 Å². The molecule has 0 N–H and O–H groups in total. The molecule has 1 unspecified atom stereocenters. The van der Waals surface area contributed by atoms with Gasteiger partial charge in [0, 0.05) is 23.5 Å². The Hall–Kier alpha value is -2.40. The van der Waals surface area contributed by atoms with Gasteiger partial charge in [-0.2, -0.15) is 0 Å². The van der Waals surface area contributed by atoms with Gasteiger partial charge in [0.1, 0.15) is 6.54 Å². The molecule has 25 heavy (non-hydrogen) atoms. The van der Waals surface area contributed by atoms with E-state index in [1.54, 1.807) is 16.2 Å². The lowest BCUT2D eigenvalue weighted by Gasteiger charge is -2.44. The molecule has 1 aromatic carbocycles. The summed E-state index contributed by atoms with van der Waals surface area (Å²) in [4.78, 5) is 30.1. The van der Waals surface area contributed by atoms with Crippen molar-refractivity contribution >= 4 is 29.2 Å². The van der Waals surface area contributed by atoms with Gasteiger partial charge in [0.2, 0.25) is 11.8 Å². The zero-order valence-electron chi connectivity index (χ0n) is 14.1. The van der Waals surface area contributed by atoms with E-state index >= 15 is 0 Å². The summed E-state index contributed by atoms with van der Waals surface area (Å²) in [5, 5.41) is 1.99. The lowest BCUT2D eigenvalue weighted by atomic mass is 9.90. The van der Waals surface area contributed by atoms with Gasteiger partial charge < -0.3 is 9.80 Å². The van der Waals surface area contributed by atoms with Crippen LogP contribution in [-0.4, -0.2) is 41.2 Å². The van der Waals surface area contributed by atoms with Crippen LogP contribution in [-0.2, 0) is 16.0 Å². The summed E-state index contributed by atoms with van der Waals surface area (Å²) in [5.41, 5.74) is 3.14. The van der Waals surface area contributed by atoms with Crippen LogP contribution in [0.15, 0.2) is 47.4 Å². The second-order valence-corrected chi connectivity index (χ2v) is 7.56. The van der Waals surface area contributed by atoms with E-state index in [2.05, 4.69) is 12.1 Å². The maximum atomic E-state index is 12.8. The molecule has 1 saturated heterocycles.